The van der Waals surface area contributed by atoms with Crippen molar-refractivity contribution >= 4 is 11.6 Å². The maximum Gasteiger partial charge on any atom is 0.137 e. The number of halogens is 1. The van der Waals surface area contributed by atoms with Gasteiger partial charge in [-0.1, -0.05) is 37.6 Å². The molecule has 4 nitrogen and oxygen atoms in total. The molecule has 0 radical (unpaired) electrons. The standard InChI is InChI=1S/C17H22ClN3O/c1-16(2)8-7-13(10-21-12-19-11-20-21)9-17(16,22)14-3-5-15(18)6-4-14/h3-6,11-13,22H,7-10H2,1-2H3/t13-,17-/m1/s1. The van der Waals surface area contributed by atoms with E-state index >= 15 is 0 Å². The molecule has 1 aliphatic rings. The number of benzene rings is 1. The summed E-state index contributed by atoms with van der Waals surface area (Å²) in [6.07, 6.45) is 6.08. The van der Waals surface area contributed by atoms with E-state index in [0.29, 0.717) is 10.9 Å². The highest BCUT2D eigenvalue weighted by molar-refractivity contribution is 6.30. The smallest absolute Gasteiger partial charge is 0.137 e. The van der Waals surface area contributed by atoms with Crippen LogP contribution in [0.2, 0.25) is 5.02 Å². The van der Waals surface area contributed by atoms with Crippen LogP contribution in [0.25, 0.3) is 0 Å². The molecule has 0 aliphatic heterocycles. The molecule has 1 aliphatic carbocycles. The first-order valence-corrected chi connectivity index (χ1v) is 8.09. The zero-order valence-electron chi connectivity index (χ0n) is 13.0. The number of hydrogen-bond donors (Lipinski definition) is 1. The second-order valence-electron chi connectivity index (χ2n) is 6.98. The van der Waals surface area contributed by atoms with Gasteiger partial charge in [0.1, 0.15) is 12.7 Å². The first-order chi connectivity index (χ1) is 10.4. The molecule has 1 heterocycles. The molecule has 2 atom stereocenters. The van der Waals surface area contributed by atoms with Crippen molar-refractivity contribution < 1.29 is 5.11 Å². The number of aromatic nitrogens is 3. The first kappa shape index (κ1) is 15.5. The van der Waals surface area contributed by atoms with Gasteiger partial charge in [0, 0.05) is 11.6 Å². The van der Waals surface area contributed by atoms with Crippen LogP contribution in [0.1, 0.15) is 38.7 Å². The lowest BCUT2D eigenvalue weighted by molar-refractivity contribution is -0.122. The van der Waals surface area contributed by atoms with Gasteiger partial charge in [-0.3, -0.25) is 4.68 Å². The molecule has 1 aromatic heterocycles. The lowest BCUT2D eigenvalue weighted by Gasteiger charge is -2.49. The molecule has 22 heavy (non-hydrogen) atoms. The third-order valence-corrected chi connectivity index (χ3v) is 5.37. The maximum atomic E-state index is 11.5. The molecule has 0 saturated heterocycles. The Hall–Kier alpha value is -1.39. The van der Waals surface area contributed by atoms with Gasteiger partial charge in [0.05, 0.1) is 5.60 Å². The van der Waals surface area contributed by atoms with Gasteiger partial charge < -0.3 is 5.11 Å². The minimum Gasteiger partial charge on any atom is -0.385 e. The molecule has 1 saturated carbocycles. The van der Waals surface area contributed by atoms with E-state index in [2.05, 4.69) is 23.9 Å². The Bertz CT molecular complexity index is 624. The van der Waals surface area contributed by atoms with Crippen LogP contribution in [-0.2, 0) is 12.1 Å². The summed E-state index contributed by atoms with van der Waals surface area (Å²) in [5.41, 5.74) is -0.0639. The molecule has 3 rings (SSSR count). The Morgan fingerprint density at radius 2 is 2.05 bits per heavy atom. The molecule has 1 aromatic carbocycles. The van der Waals surface area contributed by atoms with E-state index in [9.17, 15) is 5.11 Å². The third-order valence-electron chi connectivity index (χ3n) is 5.11. The summed E-state index contributed by atoms with van der Waals surface area (Å²) >= 11 is 5.99. The average molecular weight is 320 g/mol. The lowest BCUT2D eigenvalue weighted by Crippen LogP contribution is -2.47. The Balaban J connectivity index is 1.86. The van der Waals surface area contributed by atoms with E-state index in [0.717, 1.165) is 31.4 Å². The van der Waals surface area contributed by atoms with Crippen LogP contribution in [-0.4, -0.2) is 19.9 Å². The van der Waals surface area contributed by atoms with Gasteiger partial charge in [0.15, 0.2) is 0 Å². The number of aliphatic hydroxyl groups is 1. The number of rotatable bonds is 3. The Kier molecular flexibility index (Phi) is 4.00. The summed E-state index contributed by atoms with van der Waals surface area (Å²) in [5.74, 6) is 0.385. The maximum absolute atomic E-state index is 11.5. The summed E-state index contributed by atoms with van der Waals surface area (Å²) in [6.45, 7) is 5.09. The average Bonchev–Trinajstić information content (AvgIpc) is 2.97. The fourth-order valence-electron chi connectivity index (χ4n) is 3.55. The topological polar surface area (TPSA) is 50.9 Å². The van der Waals surface area contributed by atoms with Crippen molar-refractivity contribution in [3.63, 3.8) is 0 Å². The molecule has 118 valence electrons. The fourth-order valence-corrected chi connectivity index (χ4v) is 3.68. The predicted octanol–water partition coefficient (Wildman–Crippen LogP) is 3.65. The van der Waals surface area contributed by atoms with Gasteiger partial charge in [-0.25, -0.2) is 4.98 Å². The molecule has 0 bridgehead atoms. The van der Waals surface area contributed by atoms with E-state index < -0.39 is 5.60 Å². The summed E-state index contributed by atoms with van der Waals surface area (Å²) < 4.78 is 1.85. The SMILES string of the molecule is CC1(C)CC[C@@H](Cn2cncn2)C[C@@]1(O)c1ccc(Cl)cc1. The number of hydrogen-bond acceptors (Lipinski definition) is 3. The summed E-state index contributed by atoms with van der Waals surface area (Å²) in [5, 5.41) is 16.4. The summed E-state index contributed by atoms with van der Waals surface area (Å²) in [4.78, 5) is 4.00. The largest absolute Gasteiger partial charge is 0.385 e. The highest BCUT2D eigenvalue weighted by Gasteiger charge is 2.49. The van der Waals surface area contributed by atoms with Crippen LogP contribution in [0.5, 0.6) is 0 Å². The number of nitrogens with zero attached hydrogens (tertiary/aromatic N) is 3. The monoisotopic (exact) mass is 319 g/mol. The predicted molar refractivity (Wildman–Crippen MR) is 86.5 cm³/mol. The normalized spacial score (nSPS) is 27.7. The van der Waals surface area contributed by atoms with Crippen LogP contribution >= 0.6 is 11.6 Å². The van der Waals surface area contributed by atoms with Crippen molar-refractivity contribution in [2.24, 2.45) is 11.3 Å². The fraction of sp³-hybridized carbons (Fsp3) is 0.529. The minimum absolute atomic E-state index is 0.167. The molecule has 0 amide bonds. The zero-order valence-corrected chi connectivity index (χ0v) is 13.8. The quantitative estimate of drug-likeness (QED) is 0.939. The lowest BCUT2D eigenvalue weighted by atomic mass is 9.60. The van der Waals surface area contributed by atoms with Gasteiger partial charge in [-0.05, 0) is 48.3 Å². The third kappa shape index (κ3) is 2.77. The molecular formula is C17H22ClN3O. The van der Waals surface area contributed by atoms with Gasteiger partial charge in [-0.2, -0.15) is 5.10 Å². The highest BCUT2D eigenvalue weighted by Crippen LogP contribution is 2.52. The van der Waals surface area contributed by atoms with Gasteiger partial charge in [-0.15, -0.1) is 0 Å². The second-order valence-corrected chi connectivity index (χ2v) is 7.41. The first-order valence-electron chi connectivity index (χ1n) is 7.71. The second kappa shape index (κ2) is 5.67. The van der Waals surface area contributed by atoms with E-state index in [1.54, 1.807) is 12.7 Å². The molecule has 0 unspecified atom stereocenters. The molecule has 5 heteroatoms. The Labute approximate surface area is 136 Å². The van der Waals surface area contributed by atoms with Crippen molar-refractivity contribution in [2.45, 2.75) is 45.3 Å². The van der Waals surface area contributed by atoms with Crippen molar-refractivity contribution in [1.29, 1.82) is 0 Å². The van der Waals surface area contributed by atoms with Crippen LogP contribution in [0.4, 0.5) is 0 Å². The van der Waals surface area contributed by atoms with Crippen molar-refractivity contribution in [3.05, 3.63) is 47.5 Å². The van der Waals surface area contributed by atoms with Crippen LogP contribution in [0.15, 0.2) is 36.9 Å². The van der Waals surface area contributed by atoms with Crippen molar-refractivity contribution in [1.82, 2.24) is 14.8 Å². The Morgan fingerprint density at radius 1 is 1.32 bits per heavy atom. The van der Waals surface area contributed by atoms with Gasteiger partial charge >= 0.3 is 0 Å². The van der Waals surface area contributed by atoms with E-state index in [-0.39, 0.29) is 5.41 Å². The molecular weight excluding hydrogens is 298 g/mol. The van der Waals surface area contributed by atoms with Gasteiger partial charge in [0.2, 0.25) is 0 Å². The van der Waals surface area contributed by atoms with Crippen molar-refractivity contribution in [3.8, 4) is 0 Å². The highest BCUT2D eigenvalue weighted by atomic mass is 35.5. The minimum atomic E-state index is -0.846. The van der Waals surface area contributed by atoms with E-state index in [1.165, 1.54) is 0 Å². The van der Waals surface area contributed by atoms with Crippen molar-refractivity contribution in [2.75, 3.05) is 0 Å². The molecule has 2 aromatic rings. The molecule has 1 fully saturated rings. The summed E-state index contributed by atoms with van der Waals surface area (Å²) in [7, 11) is 0. The summed E-state index contributed by atoms with van der Waals surface area (Å²) in [6, 6.07) is 7.60. The Morgan fingerprint density at radius 3 is 2.68 bits per heavy atom. The van der Waals surface area contributed by atoms with Crippen LogP contribution in [0.3, 0.4) is 0 Å². The zero-order chi connectivity index (χ0) is 15.8. The molecule has 0 spiro atoms. The van der Waals surface area contributed by atoms with E-state index in [1.807, 2.05) is 28.9 Å². The van der Waals surface area contributed by atoms with Gasteiger partial charge in [0.25, 0.3) is 0 Å². The van der Waals surface area contributed by atoms with E-state index in [4.69, 9.17) is 11.6 Å². The van der Waals surface area contributed by atoms with Crippen LogP contribution in [0, 0.1) is 11.3 Å². The molecule has 1 N–H and O–H groups in total. The van der Waals surface area contributed by atoms with Crippen LogP contribution < -0.4 is 0 Å².